The number of likely N-dealkylation sites (tertiary alicyclic amines) is 1. The largest absolute Gasteiger partial charge is 0.480 e. The second-order valence-electron chi connectivity index (χ2n) is 6.51. The first-order chi connectivity index (χ1) is 9.45. The third-order valence-electron chi connectivity index (χ3n) is 4.63. The zero-order valence-corrected chi connectivity index (χ0v) is 12.7. The summed E-state index contributed by atoms with van der Waals surface area (Å²) in [4.78, 5) is 27.6. The fourth-order valence-corrected chi connectivity index (χ4v) is 3.78. The second kappa shape index (κ2) is 6.02. The standard InChI is InChI=1S/C15H26N2O3/c1-4-16(8-10(2)3)15(20)17-9-11-6-5-7-12(11)13(17)14(18)19/h10-13H,4-9H2,1-3H3,(H,18,19). The zero-order chi connectivity index (χ0) is 14.9. The molecular weight excluding hydrogens is 256 g/mol. The number of fused-ring (bicyclic) bond motifs is 1. The lowest BCUT2D eigenvalue weighted by molar-refractivity contribution is -0.142. The minimum absolute atomic E-state index is 0.0944. The molecule has 1 heterocycles. The monoisotopic (exact) mass is 282 g/mol. The summed E-state index contributed by atoms with van der Waals surface area (Å²) in [7, 11) is 0. The number of carboxylic acids is 1. The average molecular weight is 282 g/mol. The van der Waals surface area contributed by atoms with Gasteiger partial charge in [-0.25, -0.2) is 9.59 Å². The summed E-state index contributed by atoms with van der Waals surface area (Å²) in [6, 6.07) is -0.709. The van der Waals surface area contributed by atoms with E-state index in [-0.39, 0.29) is 11.9 Å². The number of carbonyl (C=O) groups excluding carboxylic acids is 1. The van der Waals surface area contributed by atoms with Crippen molar-refractivity contribution in [2.24, 2.45) is 17.8 Å². The van der Waals surface area contributed by atoms with Crippen molar-refractivity contribution in [1.82, 2.24) is 9.80 Å². The van der Waals surface area contributed by atoms with E-state index in [4.69, 9.17) is 0 Å². The number of urea groups is 1. The van der Waals surface area contributed by atoms with Gasteiger partial charge in [0.15, 0.2) is 0 Å². The van der Waals surface area contributed by atoms with E-state index in [2.05, 4.69) is 13.8 Å². The first-order valence-electron chi connectivity index (χ1n) is 7.74. The molecule has 3 atom stereocenters. The minimum Gasteiger partial charge on any atom is -0.480 e. The highest BCUT2D eigenvalue weighted by atomic mass is 16.4. The van der Waals surface area contributed by atoms with Gasteiger partial charge in [0.2, 0.25) is 0 Å². The van der Waals surface area contributed by atoms with Crippen molar-refractivity contribution in [2.75, 3.05) is 19.6 Å². The van der Waals surface area contributed by atoms with Crippen LogP contribution < -0.4 is 0 Å². The fourth-order valence-electron chi connectivity index (χ4n) is 3.78. The molecule has 1 aliphatic carbocycles. The molecule has 0 aromatic rings. The maximum absolute atomic E-state index is 12.6. The normalized spacial score (nSPS) is 28.8. The summed E-state index contributed by atoms with van der Waals surface area (Å²) >= 11 is 0. The maximum Gasteiger partial charge on any atom is 0.326 e. The van der Waals surface area contributed by atoms with Crippen LogP contribution in [0.4, 0.5) is 4.79 Å². The Labute approximate surface area is 120 Å². The number of hydrogen-bond donors (Lipinski definition) is 1. The Bertz CT molecular complexity index is 383. The van der Waals surface area contributed by atoms with E-state index in [0.717, 1.165) is 19.3 Å². The number of aliphatic carboxylic acids is 1. The molecule has 2 aliphatic rings. The van der Waals surface area contributed by atoms with Crippen LogP contribution in [0.5, 0.6) is 0 Å². The van der Waals surface area contributed by atoms with Gasteiger partial charge in [0.05, 0.1) is 0 Å². The smallest absolute Gasteiger partial charge is 0.326 e. The molecule has 1 saturated carbocycles. The molecule has 3 unspecified atom stereocenters. The number of hydrogen-bond acceptors (Lipinski definition) is 2. The highest BCUT2D eigenvalue weighted by molar-refractivity contribution is 5.84. The molecule has 0 spiro atoms. The second-order valence-corrected chi connectivity index (χ2v) is 6.51. The van der Waals surface area contributed by atoms with Crippen molar-refractivity contribution in [3.8, 4) is 0 Å². The molecular formula is C15H26N2O3. The summed E-state index contributed by atoms with van der Waals surface area (Å²) in [6.07, 6.45) is 3.11. The van der Waals surface area contributed by atoms with Gasteiger partial charge in [-0.2, -0.15) is 0 Å². The van der Waals surface area contributed by atoms with Crippen molar-refractivity contribution in [3.05, 3.63) is 0 Å². The SMILES string of the molecule is CCN(CC(C)C)C(=O)N1CC2CCCC2C1C(=O)O. The van der Waals surface area contributed by atoms with E-state index in [0.29, 0.717) is 31.5 Å². The molecule has 0 aromatic heterocycles. The number of carboxylic acid groups (broad SMARTS) is 1. The molecule has 0 aromatic carbocycles. The Morgan fingerprint density at radius 1 is 1.35 bits per heavy atom. The highest BCUT2D eigenvalue weighted by Crippen LogP contribution is 2.42. The van der Waals surface area contributed by atoms with E-state index in [1.165, 1.54) is 0 Å². The van der Waals surface area contributed by atoms with Gasteiger partial charge in [-0.3, -0.25) is 0 Å². The van der Waals surface area contributed by atoms with E-state index in [1.807, 2.05) is 6.92 Å². The van der Waals surface area contributed by atoms with Gasteiger partial charge in [0.1, 0.15) is 6.04 Å². The quantitative estimate of drug-likeness (QED) is 0.860. The van der Waals surface area contributed by atoms with Crippen LogP contribution >= 0.6 is 0 Å². The Morgan fingerprint density at radius 2 is 2.05 bits per heavy atom. The van der Waals surface area contributed by atoms with E-state index in [1.54, 1.807) is 9.80 Å². The lowest BCUT2D eigenvalue weighted by atomic mass is 9.94. The topological polar surface area (TPSA) is 60.9 Å². The molecule has 0 bridgehead atoms. The summed E-state index contributed by atoms with van der Waals surface area (Å²) < 4.78 is 0. The first kappa shape index (κ1) is 15.1. The van der Waals surface area contributed by atoms with Gasteiger partial charge < -0.3 is 14.9 Å². The van der Waals surface area contributed by atoms with Crippen LogP contribution in [0.15, 0.2) is 0 Å². The van der Waals surface area contributed by atoms with Crippen LogP contribution in [-0.4, -0.2) is 52.6 Å². The van der Waals surface area contributed by atoms with Crippen LogP contribution in [0.1, 0.15) is 40.0 Å². The summed E-state index contributed by atoms with van der Waals surface area (Å²) in [5, 5.41) is 9.50. The Balaban J connectivity index is 2.13. The van der Waals surface area contributed by atoms with Crippen LogP contribution in [0.3, 0.4) is 0 Å². The lowest BCUT2D eigenvalue weighted by Gasteiger charge is -2.31. The average Bonchev–Trinajstić information content (AvgIpc) is 2.93. The lowest BCUT2D eigenvalue weighted by Crippen LogP contribution is -2.50. The molecule has 0 radical (unpaired) electrons. The Kier molecular flexibility index (Phi) is 4.55. The van der Waals surface area contributed by atoms with Gasteiger partial charge in [-0.15, -0.1) is 0 Å². The summed E-state index contributed by atoms with van der Waals surface area (Å²) in [6.45, 7) is 8.04. The van der Waals surface area contributed by atoms with Crippen LogP contribution in [0.2, 0.25) is 0 Å². The molecule has 5 heteroatoms. The van der Waals surface area contributed by atoms with Gasteiger partial charge in [0, 0.05) is 19.6 Å². The fraction of sp³-hybridized carbons (Fsp3) is 0.867. The summed E-state index contributed by atoms with van der Waals surface area (Å²) in [5.41, 5.74) is 0. The molecule has 114 valence electrons. The molecule has 2 rings (SSSR count). The van der Waals surface area contributed by atoms with Gasteiger partial charge in [-0.05, 0) is 37.5 Å². The molecule has 5 nitrogen and oxygen atoms in total. The van der Waals surface area contributed by atoms with Crippen LogP contribution in [0.25, 0.3) is 0 Å². The van der Waals surface area contributed by atoms with Crippen LogP contribution in [-0.2, 0) is 4.79 Å². The molecule has 1 saturated heterocycles. The summed E-state index contributed by atoms with van der Waals surface area (Å²) in [5.74, 6) is 0.102. The molecule has 2 fully saturated rings. The molecule has 1 aliphatic heterocycles. The van der Waals surface area contributed by atoms with Gasteiger partial charge in [-0.1, -0.05) is 20.3 Å². The van der Waals surface area contributed by atoms with E-state index < -0.39 is 12.0 Å². The molecule has 1 N–H and O–H groups in total. The van der Waals surface area contributed by atoms with Crippen molar-refractivity contribution >= 4 is 12.0 Å². The maximum atomic E-state index is 12.6. The number of nitrogens with zero attached hydrogens (tertiary/aromatic N) is 2. The highest BCUT2D eigenvalue weighted by Gasteiger charge is 2.50. The molecule has 2 amide bonds. The van der Waals surface area contributed by atoms with E-state index >= 15 is 0 Å². The minimum atomic E-state index is -0.839. The van der Waals surface area contributed by atoms with Gasteiger partial charge in [0.25, 0.3) is 0 Å². The third kappa shape index (κ3) is 2.76. The number of carbonyl (C=O) groups is 2. The van der Waals surface area contributed by atoms with Crippen molar-refractivity contribution in [2.45, 2.75) is 46.1 Å². The van der Waals surface area contributed by atoms with Crippen molar-refractivity contribution < 1.29 is 14.7 Å². The van der Waals surface area contributed by atoms with Crippen molar-refractivity contribution in [1.29, 1.82) is 0 Å². The third-order valence-corrected chi connectivity index (χ3v) is 4.63. The number of amides is 2. The Morgan fingerprint density at radius 3 is 2.60 bits per heavy atom. The van der Waals surface area contributed by atoms with Crippen LogP contribution in [0, 0.1) is 17.8 Å². The van der Waals surface area contributed by atoms with Gasteiger partial charge >= 0.3 is 12.0 Å². The zero-order valence-electron chi connectivity index (χ0n) is 12.7. The van der Waals surface area contributed by atoms with Crippen molar-refractivity contribution in [3.63, 3.8) is 0 Å². The Hall–Kier alpha value is -1.26. The van der Waals surface area contributed by atoms with E-state index in [9.17, 15) is 14.7 Å². The first-order valence-corrected chi connectivity index (χ1v) is 7.74. The predicted molar refractivity (Wildman–Crippen MR) is 76.4 cm³/mol. The predicted octanol–water partition coefficient (Wildman–Crippen LogP) is 2.27. The molecule has 20 heavy (non-hydrogen) atoms. The number of rotatable bonds is 4.